The number of aromatic nitrogens is 2. The standard InChI is InChI=1S/C23H25N3O3/c1-16-7-9-18(10-8-16)23-24-22(25-29-23)19-5-3-4-6-20(19)28-15-21(27)26-13-11-17(2)12-14-26/h3-10,17H,11-15H2,1-2H3. The summed E-state index contributed by atoms with van der Waals surface area (Å²) in [5, 5.41) is 4.11. The topological polar surface area (TPSA) is 68.5 Å². The molecule has 0 atom stereocenters. The molecule has 0 aliphatic carbocycles. The molecule has 4 rings (SSSR count). The lowest BCUT2D eigenvalue weighted by molar-refractivity contribution is -0.134. The summed E-state index contributed by atoms with van der Waals surface area (Å²) in [5.41, 5.74) is 2.73. The molecule has 150 valence electrons. The number of benzene rings is 2. The van der Waals surface area contributed by atoms with E-state index in [0.29, 0.717) is 28.9 Å². The summed E-state index contributed by atoms with van der Waals surface area (Å²) in [6.45, 7) is 5.87. The summed E-state index contributed by atoms with van der Waals surface area (Å²) in [6.07, 6.45) is 2.10. The van der Waals surface area contributed by atoms with Crippen molar-refractivity contribution < 1.29 is 14.1 Å². The van der Waals surface area contributed by atoms with Gasteiger partial charge in [-0.3, -0.25) is 4.79 Å². The highest BCUT2D eigenvalue weighted by Crippen LogP contribution is 2.29. The lowest BCUT2D eigenvalue weighted by Crippen LogP contribution is -2.40. The van der Waals surface area contributed by atoms with Gasteiger partial charge in [-0.25, -0.2) is 0 Å². The fourth-order valence-corrected chi connectivity index (χ4v) is 3.41. The van der Waals surface area contributed by atoms with Crippen LogP contribution in [0.25, 0.3) is 22.8 Å². The number of amides is 1. The van der Waals surface area contributed by atoms with Crippen LogP contribution in [0.4, 0.5) is 0 Å². The molecule has 2 heterocycles. The van der Waals surface area contributed by atoms with Crippen molar-refractivity contribution >= 4 is 5.91 Å². The summed E-state index contributed by atoms with van der Waals surface area (Å²) in [5.74, 6) is 2.16. The van der Waals surface area contributed by atoms with Crippen molar-refractivity contribution in [3.8, 4) is 28.6 Å². The maximum atomic E-state index is 12.5. The Morgan fingerprint density at radius 3 is 2.62 bits per heavy atom. The van der Waals surface area contributed by atoms with E-state index in [1.54, 1.807) is 0 Å². The second-order valence-electron chi connectivity index (χ2n) is 7.64. The van der Waals surface area contributed by atoms with Gasteiger partial charge in [-0.15, -0.1) is 0 Å². The Hall–Kier alpha value is -3.15. The monoisotopic (exact) mass is 391 g/mol. The number of hydrogen-bond acceptors (Lipinski definition) is 5. The first-order valence-electron chi connectivity index (χ1n) is 10.0. The van der Waals surface area contributed by atoms with Crippen molar-refractivity contribution in [2.75, 3.05) is 19.7 Å². The lowest BCUT2D eigenvalue weighted by atomic mass is 9.99. The summed E-state index contributed by atoms with van der Waals surface area (Å²) in [7, 11) is 0. The van der Waals surface area contributed by atoms with Crippen molar-refractivity contribution in [3.63, 3.8) is 0 Å². The first-order chi connectivity index (χ1) is 14.1. The smallest absolute Gasteiger partial charge is 0.260 e. The molecule has 1 saturated heterocycles. The second-order valence-corrected chi connectivity index (χ2v) is 7.64. The third-order valence-electron chi connectivity index (χ3n) is 5.34. The Balaban J connectivity index is 1.47. The van der Waals surface area contributed by atoms with Crippen LogP contribution in [0, 0.1) is 12.8 Å². The number of rotatable bonds is 5. The zero-order valence-corrected chi connectivity index (χ0v) is 16.8. The highest BCUT2D eigenvalue weighted by molar-refractivity contribution is 5.78. The van der Waals surface area contributed by atoms with Gasteiger partial charge in [0.25, 0.3) is 11.8 Å². The molecule has 3 aromatic rings. The van der Waals surface area contributed by atoms with Crippen LogP contribution in [0.1, 0.15) is 25.3 Å². The zero-order chi connectivity index (χ0) is 20.2. The normalized spacial score (nSPS) is 14.8. The van der Waals surface area contributed by atoms with Crippen LogP contribution >= 0.6 is 0 Å². The molecule has 1 aromatic heterocycles. The third-order valence-corrected chi connectivity index (χ3v) is 5.34. The molecule has 0 saturated carbocycles. The van der Waals surface area contributed by atoms with Crippen LogP contribution in [-0.2, 0) is 4.79 Å². The number of hydrogen-bond donors (Lipinski definition) is 0. The summed E-state index contributed by atoms with van der Waals surface area (Å²) >= 11 is 0. The van der Waals surface area contributed by atoms with E-state index in [2.05, 4.69) is 17.1 Å². The van der Waals surface area contributed by atoms with E-state index in [1.807, 2.05) is 60.4 Å². The second kappa shape index (κ2) is 8.47. The third kappa shape index (κ3) is 4.47. The van der Waals surface area contributed by atoms with Gasteiger partial charge in [0.1, 0.15) is 5.75 Å². The van der Waals surface area contributed by atoms with E-state index < -0.39 is 0 Å². The number of para-hydroxylation sites is 1. The average Bonchev–Trinajstić information content (AvgIpc) is 3.23. The molecule has 0 unspecified atom stereocenters. The Labute approximate surface area is 170 Å². The van der Waals surface area contributed by atoms with Crippen molar-refractivity contribution in [2.45, 2.75) is 26.7 Å². The first-order valence-corrected chi connectivity index (χ1v) is 10.0. The van der Waals surface area contributed by atoms with Crippen LogP contribution in [-0.4, -0.2) is 40.6 Å². The van der Waals surface area contributed by atoms with E-state index in [9.17, 15) is 4.79 Å². The Morgan fingerprint density at radius 1 is 1.14 bits per heavy atom. The van der Waals surface area contributed by atoms with E-state index >= 15 is 0 Å². The summed E-state index contributed by atoms with van der Waals surface area (Å²) in [6, 6.07) is 15.4. The van der Waals surface area contributed by atoms with Gasteiger partial charge in [0.2, 0.25) is 5.82 Å². The zero-order valence-electron chi connectivity index (χ0n) is 16.8. The molecule has 1 fully saturated rings. The van der Waals surface area contributed by atoms with Gasteiger partial charge < -0.3 is 14.2 Å². The molecule has 6 nitrogen and oxygen atoms in total. The van der Waals surface area contributed by atoms with Crippen molar-refractivity contribution in [3.05, 3.63) is 54.1 Å². The Morgan fingerprint density at radius 2 is 1.86 bits per heavy atom. The minimum atomic E-state index is 0.00800. The molecule has 0 N–H and O–H groups in total. The Kier molecular flexibility index (Phi) is 5.60. The maximum Gasteiger partial charge on any atom is 0.260 e. The number of carbonyl (C=O) groups is 1. The van der Waals surface area contributed by atoms with Crippen LogP contribution in [0.2, 0.25) is 0 Å². The molecule has 2 aromatic carbocycles. The predicted octanol–water partition coefficient (Wildman–Crippen LogP) is 4.35. The molecule has 1 aliphatic rings. The van der Waals surface area contributed by atoms with E-state index in [1.165, 1.54) is 5.56 Å². The fraction of sp³-hybridized carbons (Fsp3) is 0.348. The molecule has 29 heavy (non-hydrogen) atoms. The SMILES string of the molecule is Cc1ccc(-c2nc(-c3ccccc3OCC(=O)N3CCC(C)CC3)no2)cc1. The van der Waals surface area contributed by atoms with Crippen LogP contribution < -0.4 is 4.74 Å². The molecule has 1 aliphatic heterocycles. The van der Waals surface area contributed by atoms with Gasteiger partial charge in [0.05, 0.1) is 5.56 Å². The summed E-state index contributed by atoms with van der Waals surface area (Å²) < 4.78 is 11.3. The van der Waals surface area contributed by atoms with Crippen LogP contribution in [0.15, 0.2) is 53.1 Å². The molecule has 6 heteroatoms. The average molecular weight is 391 g/mol. The van der Waals surface area contributed by atoms with Crippen molar-refractivity contribution in [1.82, 2.24) is 15.0 Å². The fourth-order valence-electron chi connectivity index (χ4n) is 3.41. The first kappa shape index (κ1) is 19.2. The minimum absolute atomic E-state index is 0.00800. The van der Waals surface area contributed by atoms with Gasteiger partial charge in [0, 0.05) is 18.7 Å². The number of aryl methyl sites for hydroxylation is 1. The highest BCUT2D eigenvalue weighted by atomic mass is 16.5. The lowest BCUT2D eigenvalue weighted by Gasteiger charge is -2.30. The van der Waals surface area contributed by atoms with Gasteiger partial charge in [0.15, 0.2) is 6.61 Å². The number of piperidine rings is 1. The van der Waals surface area contributed by atoms with Gasteiger partial charge >= 0.3 is 0 Å². The molecule has 0 bridgehead atoms. The van der Waals surface area contributed by atoms with Gasteiger partial charge in [-0.05, 0) is 49.9 Å². The highest BCUT2D eigenvalue weighted by Gasteiger charge is 2.21. The Bertz CT molecular complexity index is 973. The largest absolute Gasteiger partial charge is 0.483 e. The number of likely N-dealkylation sites (tertiary alicyclic amines) is 1. The van der Waals surface area contributed by atoms with Crippen LogP contribution in [0.5, 0.6) is 5.75 Å². The molecule has 0 radical (unpaired) electrons. The summed E-state index contributed by atoms with van der Waals surface area (Å²) in [4.78, 5) is 18.9. The van der Waals surface area contributed by atoms with E-state index in [0.717, 1.165) is 31.5 Å². The molecular weight excluding hydrogens is 366 g/mol. The minimum Gasteiger partial charge on any atom is -0.483 e. The van der Waals surface area contributed by atoms with Crippen molar-refractivity contribution in [2.24, 2.45) is 5.92 Å². The molecular formula is C23H25N3O3. The van der Waals surface area contributed by atoms with Crippen LogP contribution in [0.3, 0.4) is 0 Å². The van der Waals surface area contributed by atoms with E-state index in [-0.39, 0.29) is 12.5 Å². The number of nitrogens with zero attached hydrogens (tertiary/aromatic N) is 3. The number of ether oxygens (including phenoxy) is 1. The van der Waals surface area contributed by atoms with Gasteiger partial charge in [-0.2, -0.15) is 4.98 Å². The quantitative estimate of drug-likeness (QED) is 0.647. The molecule has 1 amide bonds. The predicted molar refractivity (Wildman–Crippen MR) is 110 cm³/mol. The van der Waals surface area contributed by atoms with Crippen molar-refractivity contribution in [1.29, 1.82) is 0 Å². The van der Waals surface area contributed by atoms with Gasteiger partial charge in [-0.1, -0.05) is 41.9 Å². The van der Waals surface area contributed by atoms with E-state index in [4.69, 9.17) is 9.26 Å². The number of carbonyl (C=O) groups excluding carboxylic acids is 1. The molecule has 0 spiro atoms. The maximum absolute atomic E-state index is 12.5.